The van der Waals surface area contributed by atoms with Crippen LogP contribution in [0.2, 0.25) is 0 Å². The lowest BCUT2D eigenvalue weighted by atomic mass is 9.98. The van der Waals surface area contributed by atoms with E-state index in [1.807, 2.05) is 0 Å². The van der Waals surface area contributed by atoms with Crippen LogP contribution in [-0.2, 0) is 11.3 Å². The average Bonchev–Trinajstić information content (AvgIpc) is 2.29. The summed E-state index contributed by atoms with van der Waals surface area (Å²) in [4.78, 5) is 10.0. The first-order chi connectivity index (χ1) is 8.58. The zero-order valence-electron chi connectivity index (χ0n) is 13.1. The molecule has 0 saturated heterocycles. The number of benzene rings is 1. The number of aliphatic carboxylic acids is 1. The largest absolute Gasteiger partial charge is 0.481 e. The first-order valence-electron chi connectivity index (χ1n) is 6.68. The second-order valence-electron chi connectivity index (χ2n) is 6.45. The molecule has 0 aromatic heterocycles. The second kappa shape index (κ2) is 7.29. The van der Waals surface area contributed by atoms with Crippen molar-refractivity contribution in [1.29, 1.82) is 0 Å². The summed E-state index contributed by atoms with van der Waals surface area (Å²) in [6.07, 6.45) is 0. The highest BCUT2D eigenvalue weighted by atomic mass is 16.4. The summed E-state index contributed by atoms with van der Waals surface area (Å²) in [7, 11) is 4.51. The molecule has 0 aliphatic heterocycles. The Balaban J connectivity index is 0.000000399. The van der Waals surface area contributed by atoms with Gasteiger partial charge in [-0.2, -0.15) is 0 Å². The van der Waals surface area contributed by atoms with Gasteiger partial charge in [-0.3, -0.25) is 4.79 Å². The Morgan fingerprint density at radius 1 is 1.16 bits per heavy atom. The SMILES string of the molecule is CC(C)(C)C(=O)O.CC[N+](C)(C)Cc1ccccc1. The molecule has 3 nitrogen and oxygen atoms in total. The van der Waals surface area contributed by atoms with Gasteiger partial charge in [0.2, 0.25) is 0 Å². The first kappa shape index (κ1) is 17.6. The Hall–Kier alpha value is -1.35. The fraction of sp³-hybridized carbons (Fsp3) is 0.562. The predicted molar refractivity (Wildman–Crippen MR) is 79.9 cm³/mol. The van der Waals surface area contributed by atoms with Gasteiger partial charge >= 0.3 is 5.97 Å². The van der Waals surface area contributed by atoms with E-state index in [-0.39, 0.29) is 0 Å². The first-order valence-corrected chi connectivity index (χ1v) is 6.68. The number of carboxylic acid groups (broad SMARTS) is 1. The third kappa shape index (κ3) is 8.38. The summed E-state index contributed by atoms with van der Waals surface area (Å²) in [5, 5.41) is 8.25. The summed E-state index contributed by atoms with van der Waals surface area (Å²) < 4.78 is 1.06. The van der Waals surface area contributed by atoms with E-state index in [0.29, 0.717) is 0 Å². The Labute approximate surface area is 117 Å². The third-order valence-corrected chi connectivity index (χ3v) is 2.95. The molecule has 0 bridgehead atoms. The van der Waals surface area contributed by atoms with E-state index in [0.717, 1.165) is 11.0 Å². The van der Waals surface area contributed by atoms with Crippen molar-refractivity contribution in [2.45, 2.75) is 34.2 Å². The quantitative estimate of drug-likeness (QED) is 0.851. The van der Waals surface area contributed by atoms with Crippen molar-refractivity contribution in [3.05, 3.63) is 35.9 Å². The van der Waals surface area contributed by atoms with E-state index < -0.39 is 11.4 Å². The van der Waals surface area contributed by atoms with Crippen LogP contribution in [0.4, 0.5) is 0 Å². The van der Waals surface area contributed by atoms with E-state index in [1.54, 1.807) is 20.8 Å². The minimum Gasteiger partial charge on any atom is -0.481 e. The lowest BCUT2D eigenvalue weighted by molar-refractivity contribution is -0.901. The highest BCUT2D eigenvalue weighted by Crippen LogP contribution is 2.11. The van der Waals surface area contributed by atoms with Crippen LogP contribution < -0.4 is 0 Å². The molecule has 0 radical (unpaired) electrons. The maximum atomic E-state index is 10.0. The van der Waals surface area contributed by atoms with Crippen LogP contribution in [0.5, 0.6) is 0 Å². The molecular formula is C16H28NO2+. The van der Waals surface area contributed by atoms with Gasteiger partial charge in [0.05, 0.1) is 26.1 Å². The van der Waals surface area contributed by atoms with Crippen LogP contribution in [0.3, 0.4) is 0 Å². The zero-order chi connectivity index (χ0) is 15.1. The van der Waals surface area contributed by atoms with Gasteiger partial charge in [0, 0.05) is 5.56 Å². The summed E-state index contributed by atoms with van der Waals surface area (Å²) in [5.41, 5.74) is 0.837. The van der Waals surface area contributed by atoms with Crippen LogP contribution >= 0.6 is 0 Å². The van der Waals surface area contributed by atoms with Crippen LogP contribution in [-0.4, -0.2) is 36.2 Å². The van der Waals surface area contributed by atoms with Gasteiger partial charge < -0.3 is 9.59 Å². The standard InChI is InChI=1S/C11H18N.C5H10O2/c1-4-12(2,3)10-11-8-6-5-7-9-11;1-5(2,3)4(6)7/h5-9H,4,10H2,1-3H3;1-3H3,(H,6,7)/q+1;. The van der Waals surface area contributed by atoms with Crippen molar-refractivity contribution in [1.82, 2.24) is 0 Å². The highest BCUT2D eigenvalue weighted by molar-refractivity contribution is 5.72. The minimum atomic E-state index is -0.757. The van der Waals surface area contributed by atoms with Crippen LogP contribution in [0, 0.1) is 5.41 Å². The van der Waals surface area contributed by atoms with E-state index >= 15 is 0 Å². The normalized spacial score (nSPS) is 11.5. The summed E-state index contributed by atoms with van der Waals surface area (Å²) in [6.45, 7) is 9.51. The summed E-state index contributed by atoms with van der Waals surface area (Å²) in [5.74, 6) is -0.757. The van der Waals surface area contributed by atoms with Crippen LogP contribution in [0.25, 0.3) is 0 Å². The lowest BCUT2D eigenvalue weighted by Crippen LogP contribution is -2.38. The smallest absolute Gasteiger partial charge is 0.308 e. The molecule has 0 amide bonds. The molecule has 0 unspecified atom stereocenters. The number of carbonyl (C=O) groups is 1. The topological polar surface area (TPSA) is 37.3 Å². The number of rotatable bonds is 3. The molecule has 1 rings (SSSR count). The molecule has 0 aliphatic rings. The van der Waals surface area contributed by atoms with Gasteiger partial charge in [0.15, 0.2) is 0 Å². The molecule has 1 aromatic rings. The fourth-order valence-electron chi connectivity index (χ4n) is 1.19. The lowest BCUT2D eigenvalue weighted by Gasteiger charge is -2.28. The molecule has 19 heavy (non-hydrogen) atoms. The number of quaternary nitrogens is 1. The van der Waals surface area contributed by atoms with Gasteiger partial charge in [-0.25, -0.2) is 0 Å². The Morgan fingerprint density at radius 3 is 1.89 bits per heavy atom. The molecule has 3 heteroatoms. The van der Waals surface area contributed by atoms with Gasteiger partial charge in [0.25, 0.3) is 0 Å². The van der Waals surface area contributed by atoms with Gasteiger partial charge in [-0.05, 0) is 27.7 Å². The molecule has 0 saturated carbocycles. The second-order valence-corrected chi connectivity index (χ2v) is 6.45. The molecule has 1 aromatic carbocycles. The van der Waals surface area contributed by atoms with Crippen LogP contribution in [0.1, 0.15) is 33.3 Å². The number of nitrogens with zero attached hydrogens (tertiary/aromatic N) is 1. The molecule has 0 fully saturated rings. The number of hydrogen-bond acceptors (Lipinski definition) is 1. The third-order valence-electron chi connectivity index (χ3n) is 2.95. The van der Waals surface area contributed by atoms with Crippen molar-refractivity contribution in [3.8, 4) is 0 Å². The molecule has 0 aliphatic carbocycles. The van der Waals surface area contributed by atoms with Gasteiger partial charge in [-0.1, -0.05) is 30.3 Å². The van der Waals surface area contributed by atoms with E-state index in [1.165, 1.54) is 12.1 Å². The Bertz CT molecular complexity index is 377. The molecule has 108 valence electrons. The molecule has 0 heterocycles. The summed E-state index contributed by atoms with van der Waals surface area (Å²) in [6, 6.07) is 10.6. The van der Waals surface area contributed by atoms with Crippen molar-refractivity contribution in [3.63, 3.8) is 0 Å². The van der Waals surface area contributed by atoms with Crippen molar-refractivity contribution in [2.75, 3.05) is 20.6 Å². The number of hydrogen-bond donors (Lipinski definition) is 1. The minimum absolute atomic E-state index is 0.583. The monoisotopic (exact) mass is 266 g/mol. The van der Waals surface area contributed by atoms with Crippen LogP contribution in [0.15, 0.2) is 30.3 Å². The van der Waals surface area contributed by atoms with E-state index in [4.69, 9.17) is 5.11 Å². The molecule has 0 spiro atoms. The zero-order valence-corrected chi connectivity index (χ0v) is 13.1. The average molecular weight is 266 g/mol. The predicted octanol–water partition coefficient (Wildman–Crippen LogP) is 3.40. The maximum Gasteiger partial charge on any atom is 0.308 e. The van der Waals surface area contributed by atoms with E-state index in [9.17, 15) is 4.79 Å². The Morgan fingerprint density at radius 2 is 1.58 bits per heavy atom. The highest BCUT2D eigenvalue weighted by Gasteiger charge is 2.18. The number of carboxylic acids is 1. The maximum absolute atomic E-state index is 10.0. The van der Waals surface area contributed by atoms with Crippen molar-refractivity contribution >= 4 is 5.97 Å². The summed E-state index contributed by atoms with van der Waals surface area (Å²) >= 11 is 0. The van der Waals surface area contributed by atoms with Crippen molar-refractivity contribution < 1.29 is 14.4 Å². The Kier molecular flexibility index (Phi) is 6.77. The molecule has 0 atom stereocenters. The van der Waals surface area contributed by atoms with Gasteiger partial charge in [-0.15, -0.1) is 0 Å². The van der Waals surface area contributed by atoms with Gasteiger partial charge in [0.1, 0.15) is 6.54 Å². The van der Waals surface area contributed by atoms with Crippen molar-refractivity contribution in [2.24, 2.45) is 5.41 Å². The molecule has 1 N–H and O–H groups in total. The van der Waals surface area contributed by atoms with E-state index in [2.05, 4.69) is 51.4 Å². The fourth-order valence-corrected chi connectivity index (χ4v) is 1.19. The molecular weight excluding hydrogens is 238 g/mol.